The molecule has 1 aromatic carbocycles. The average molecular weight is 329 g/mol. The van der Waals surface area contributed by atoms with Crippen molar-refractivity contribution in [2.45, 2.75) is 6.10 Å². The van der Waals surface area contributed by atoms with Gasteiger partial charge in [-0.05, 0) is 33.1 Å². The molecule has 0 amide bonds. The molecule has 0 aliphatic rings. The van der Waals surface area contributed by atoms with Gasteiger partial charge in [0.05, 0.1) is 10.6 Å². The van der Waals surface area contributed by atoms with Gasteiger partial charge in [0.25, 0.3) is 0 Å². The molecular weight excluding hydrogens is 318 g/mol. The van der Waals surface area contributed by atoms with Gasteiger partial charge in [0.2, 0.25) is 5.28 Å². The summed E-state index contributed by atoms with van der Waals surface area (Å²) in [5.41, 5.74) is 0.848. The molecule has 2 N–H and O–H groups in total. The van der Waals surface area contributed by atoms with Gasteiger partial charge in [-0.25, -0.2) is 4.98 Å². The van der Waals surface area contributed by atoms with Gasteiger partial charge in [0.1, 0.15) is 5.82 Å². The summed E-state index contributed by atoms with van der Waals surface area (Å²) >= 11 is 9.01. The second-order valence-corrected chi connectivity index (χ2v) is 4.84. The molecule has 1 unspecified atom stereocenters. The Morgan fingerprint density at radius 3 is 2.78 bits per heavy atom. The molecule has 0 bridgehead atoms. The van der Waals surface area contributed by atoms with E-state index in [0.717, 1.165) is 5.56 Å². The first kappa shape index (κ1) is 13.3. The minimum absolute atomic E-state index is 0.162. The summed E-state index contributed by atoms with van der Waals surface area (Å²) in [7, 11) is 0. The lowest BCUT2D eigenvalue weighted by molar-refractivity contribution is 0.191. The number of aliphatic hydroxyl groups excluding tert-OH is 1. The smallest absolute Gasteiger partial charge is 0.224 e. The Balaban J connectivity index is 2.01. The number of benzene rings is 1. The summed E-state index contributed by atoms with van der Waals surface area (Å²) in [6, 6.07) is 9.42. The van der Waals surface area contributed by atoms with Crippen LogP contribution in [0.25, 0.3) is 0 Å². The molecule has 0 saturated carbocycles. The number of halogens is 2. The third kappa shape index (κ3) is 3.41. The van der Waals surface area contributed by atoms with E-state index in [-0.39, 0.29) is 5.28 Å². The number of nitrogens with one attached hydrogen (secondary N) is 1. The Morgan fingerprint density at radius 1 is 1.33 bits per heavy atom. The number of nitrogens with zero attached hydrogens (tertiary/aromatic N) is 2. The van der Waals surface area contributed by atoms with Crippen molar-refractivity contribution in [2.75, 3.05) is 11.9 Å². The van der Waals surface area contributed by atoms with E-state index in [4.69, 9.17) is 11.6 Å². The summed E-state index contributed by atoms with van der Waals surface area (Å²) in [5.74, 6) is 0.560. The fourth-order valence-electron chi connectivity index (χ4n) is 1.46. The van der Waals surface area contributed by atoms with Crippen molar-refractivity contribution >= 4 is 33.3 Å². The van der Waals surface area contributed by atoms with Crippen LogP contribution in [0.4, 0.5) is 5.82 Å². The zero-order valence-corrected chi connectivity index (χ0v) is 11.7. The van der Waals surface area contributed by atoms with Gasteiger partial charge >= 0.3 is 0 Å². The molecule has 0 radical (unpaired) electrons. The van der Waals surface area contributed by atoms with Gasteiger partial charge in [-0.3, -0.25) is 0 Å². The molecule has 0 aliphatic carbocycles. The van der Waals surface area contributed by atoms with E-state index in [1.165, 1.54) is 0 Å². The number of rotatable bonds is 4. The van der Waals surface area contributed by atoms with E-state index < -0.39 is 6.10 Å². The number of anilines is 1. The van der Waals surface area contributed by atoms with Crippen molar-refractivity contribution in [3.8, 4) is 0 Å². The van der Waals surface area contributed by atoms with E-state index in [9.17, 15) is 5.11 Å². The van der Waals surface area contributed by atoms with Crippen LogP contribution in [0.1, 0.15) is 11.7 Å². The first-order chi connectivity index (χ1) is 8.66. The van der Waals surface area contributed by atoms with Crippen molar-refractivity contribution in [3.63, 3.8) is 0 Å². The molecule has 0 fully saturated rings. The third-order valence-electron chi connectivity index (χ3n) is 2.36. The van der Waals surface area contributed by atoms with Crippen LogP contribution < -0.4 is 5.32 Å². The molecule has 2 aromatic rings. The molecular formula is C12H11BrClN3O. The monoisotopic (exact) mass is 327 g/mol. The van der Waals surface area contributed by atoms with Crippen LogP contribution in [0.5, 0.6) is 0 Å². The summed E-state index contributed by atoms with van der Waals surface area (Å²) in [6.07, 6.45) is 0.957. The normalized spacial score (nSPS) is 12.2. The van der Waals surface area contributed by atoms with Gasteiger partial charge in [-0.15, -0.1) is 0 Å². The van der Waals surface area contributed by atoms with Crippen LogP contribution in [0, 0.1) is 0 Å². The number of aliphatic hydroxyl groups is 1. The van der Waals surface area contributed by atoms with E-state index in [1.54, 1.807) is 6.20 Å². The molecule has 0 aliphatic heterocycles. The number of hydrogen-bond donors (Lipinski definition) is 2. The molecule has 1 heterocycles. The van der Waals surface area contributed by atoms with Gasteiger partial charge in [-0.1, -0.05) is 30.3 Å². The Hall–Kier alpha value is -1.17. The maximum absolute atomic E-state index is 9.99. The van der Waals surface area contributed by atoms with Crippen molar-refractivity contribution in [2.24, 2.45) is 0 Å². The zero-order valence-electron chi connectivity index (χ0n) is 9.35. The number of hydrogen-bond acceptors (Lipinski definition) is 4. The van der Waals surface area contributed by atoms with E-state index in [1.807, 2.05) is 30.3 Å². The highest BCUT2D eigenvalue weighted by atomic mass is 79.9. The average Bonchev–Trinajstić information content (AvgIpc) is 2.40. The molecule has 2 rings (SSSR count). The third-order valence-corrected chi connectivity index (χ3v) is 3.12. The Bertz CT molecular complexity index is 524. The van der Waals surface area contributed by atoms with E-state index in [2.05, 4.69) is 31.2 Å². The highest BCUT2D eigenvalue weighted by Gasteiger charge is 2.09. The Labute approximate surface area is 118 Å². The maximum Gasteiger partial charge on any atom is 0.224 e. The van der Waals surface area contributed by atoms with E-state index >= 15 is 0 Å². The SMILES string of the molecule is OC(CNc1nc(Cl)ncc1Br)c1ccccc1. The fraction of sp³-hybridized carbons (Fsp3) is 0.167. The molecule has 0 spiro atoms. The lowest BCUT2D eigenvalue weighted by atomic mass is 10.1. The standard InChI is InChI=1S/C12H11BrClN3O/c13-9-6-16-12(14)17-11(9)15-7-10(18)8-4-2-1-3-5-8/h1-6,10,18H,7H2,(H,15,16,17). The quantitative estimate of drug-likeness (QED) is 0.847. The van der Waals surface area contributed by atoms with Gasteiger partial charge in [0.15, 0.2) is 0 Å². The van der Waals surface area contributed by atoms with Crippen molar-refractivity contribution in [1.82, 2.24) is 9.97 Å². The lowest BCUT2D eigenvalue weighted by Crippen LogP contribution is -2.13. The molecule has 1 aromatic heterocycles. The van der Waals surface area contributed by atoms with Crippen molar-refractivity contribution in [1.29, 1.82) is 0 Å². The Morgan fingerprint density at radius 2 is 2.06 bits per heavy atom. The lowest BCUT2D eigenvalue weighted by Gasteiger charge is -2.13. The van der Waals surface area contributed by atoms with E-state index in [0.29, 0.717) is 16.8 Å². The van der Waals surface area contributed by atoms with Gasteiger partial charge in [0, 0.05) is 12.7 Å². The molecule has 1 atom stereocenters. The highest BCUT2D eigenvalue weighted by molar-refractivity contribution is 9.10. The molecule has 6 heteroatoms. The van der Waals surface area contributed by atoms with Gasteiger partial charge < -0.3 is 10.4 Å². The van der Waals surface area contributed by atoms with Crippen LogP contribution in [0.2, 0.25) is 5.28 Å². The van der Waals surface area contributed by atoms with Crippen LogP contribution in [0.15, 0.2) is 41.0 Å². The minimum Gasteiger partial charge on any atom is -0.387 e. The molecule has 4 nitrogen and oxygen atoms in total. The number of aromatic nitrogens is 2. The second-order valence-electron chi connectivity index (χ2n) is 3.64. The van der Waals surface area contributed by atoms with Crippen molar-refractivity contribution < 1.29 is 5.11 Å². The minimum atomic E-state index is -0.605. The van der Waals surface area contributed by atoms with Crippen LogP contribution in [-0.2, 0) is 0 Å². The summed E-state index contributed by atoms with van der Waals surface area (Å²) < 4.78 is 0.701. The second kappa shape index (κ2) is 6.13. The summed E-state index contributed by atoms with van der Waals surface area (Å²) in [6.45, 7) is 0.343. The molecule has 18 heavy (non-hydrogen) atoms. The predicted octanol–water partition coefficient (Wildman–Crippen LogP) is 3.04. The predicted molar refractivity (Wildman–Crippen MR) is 74.6 cm³/mol. The fourth-order valence-corrected chi connectivity index (χ4v) is 1.92. The first-order valence-corrected chi connectivity index (χ1v) is 6.49. The Kier molecular flexibility index (Phi) is 4.52. The zero-order chi connectivity index (χ0) is 13.0. The first-order valence-electron chi connectivity index (χ1n) is 5.32. The molecule has 94 valence electrons. The summed E-state index contributed by atoms with van der Waals surface area (Å²) in [4.78, 5) is 7.85. The van der Waals surface area contributed by atoms with Crippen LogP contribution in [-0.4, -0.2) is 21.6 Å². The van der Waals surface area contributed by atoms with Crippen LogP contribution in [0.3, 0.4) is 0 Å². The summed E-state index contributed by atoms with van der Waals surface area (Å²) in [5, 5.41) is 13.2. The highest BCUT2D eigenvalue weighted by Crippen LogP contribution is 2.21. The largest absolute Gasteiger partial charge is 0.387 e. The topological polar surface area (TPSA) is 58.0 Å². The molecule has 0 saturated heterocycles. The van der Waals surface area contributed by atoms with Crippen molar-refractivity contribution in [3.05, 3.63) is 51.8 Å². The van der Waals surface area contributed by atoms with Crippen LogP contribution >= 0.6 is 27.5 Å². The maximum atomic E-state index is 9.99. The van der Waals surface area contributed by atoms with Gasteiger partial charge in [-0.2, -0.15) is 4.98 Å².